The van der Waals surface area contributed by atoms with Crippen LogP contribution in [-0.2, 0) is 0 Å². The fourth-order valence-electron chi connectivity index (χ4n) is 1.42. The van der Waals surface area contributed by atoms with E-state index in [1.165, 1.54) is 12.1 Å². The van der Waals surface area contributed by atoms with Crippen molar-refractivity contribution in [2.45, 2.75) is 6.92 Å². The van der Waals surface area contributed by atoms with Crippen LogP contribution in [0.15, 0.2) is 28.9 Å². The van der Waals surface area contributed by atoms with Gasteiger partial charge in [-0.3, -0.25) is 0 Å². The molecule has 0 saturated heterocycles. The molecular formula is C12H11BrClFN4. The van der Waals surface area contributed by atoms with Gasteiger partial charge in [0.2, 0.25) is 5.95 Å². The van der Waals surface area contributed by atoms with Gasteiger partial charge in [0.25, 0.3) is 0 Å². The predicted molar refractivity (Wildman–Crippen MR) is 78.6 cm³/mol. The van der Waals surface area contributed by atoms with Crippen LogP contribution in [0.25, 0.3) is 0 Å². The van der Waals surface area contributed by atoms with E-state index in [0.29, 0.717) is 21.9 Å². The summed E-state index contributed by atoms with van der Waals surface area (Å²) >= 11 is 9.30. The summed E-state index contributed by atoms with van der Waals surface area (Å²) in [6.07, 6.45) is 1.63. The molecule has 0 radical (unpaired) electrons. The number of halogens is 3. The highest BCUT2D eigenvalue weighted by Crippen LogP contribution is 2.29. The van der Waals surface area contributed by atoms with Gasteiger partial charge in [0.05, 0.1) is 15.2 Å². The van der Waals surface area contributed by atoms with Gasteiger partial charge in [0.15, 0.2) is 0 Å². The molecule has 100 valence electrons. The predicted octanol–water partition coefficient (Wildman–Crippen LogP) is 4.21. The fourth-order valence-corrected chi connectivity index (χ4v) is 1.92. The molecule has 0 bridgehead atoms. The molecule has 2 rings (SSSR count). The summed E-state index contributed by atoms with van der Waals surface area (Å²) in [6.45, 7) is 2.67. The van der Waals surface area contributed by atoms with Crippen molar-refractivity contribution in [3.05, 3.63) is 39.7 Å². The largest absolute Gasteiger partial charge is 0.354 e. The lowest BCUT2D eigenvalue weighted by Crippen LogP contribution is -2.04. The molecule has 2 N–H and O–H groups in total. The number of anilines is 3. The summed E-state index contributed by atoms with van der Waals surface area (Å²) in [5.41, 5.74) is 0.574. The molecule has 0 saturated carbocycles. The summed E-state index contributed by atoms with van der Waals surface area (Å²) in [4.78, 5) is 8.39. The van der Waals surface area contributed by atoms with E-state index in [0.717, 1.165) is 6.54 Å². The lowest BCUT2D eigenvalue weighted by Gasteiger charge is -2.10. The van der Waals surface area contributed by atoms with Crippen molar-refractivity contribution in [2.75, 3.05) is 17.2 Å². The van der Waals surface area contributed by atoms with Crippen LogP contribution in [0, 0.1) is 5.82 Å². The molecule has 0 atom stereocenters. The van der Waals surface area contributed by atoms with E-state index < -0.39 is 0 Å². The maximum atomic E-state index is 13.0. The SMILES string of the molecule is CCNc1ncc(Br)c(Nc2ccc(F)cc2Cl)n1. The lowest BCUT2D eigenvalue weighted by molar-refractivity contribution is 0.628. The summed E-state index contributed by atoms with van der Waals surface area (Å²) in [5.74, 6) is 0.677. The van der Waals surface area contributed by atoms with Crippen molar-refractivity contribution in [1.82, 2.24) is 9.97 Å². The smallest absolute Gasteiger partial charge is 0.224 e. The van der Waals surface area contributed by atoms with Gasteiger partial charge in [-0.25, -0.2) is 9.37 Å². The minimum atomic E-state index is -0.384. The first kappa shape index (κ1) is 14.0. The monoisotopic (exact) mass is 344 g/mol. The maximum absolute atomic E-state index is 13.0. The van der Waals surface area contributed by atoms with Crippen LogP contribution in [0.5, 0.6) is 0 Å². The number of aromatic nitrogens is 2. The number of nitrogens with one attached hydrogen (secondary N) is 2. The number of hydrogen-bond acceptors (Lipinski definition) is 4. The minimum Gasteiger partial charge on any atom is -0.354 e. The molecule has 1 aromatic heterocycles. The molecule has 0 aliphatic rings. The standard InChI is InChI=1S/C12H11BrClFN4/c1-2-16-12-17-6-8(13)11(19-12)18-10-4-3-7(15)5-9(10)14/h3-6H,2H2,1H3,(H2,16,17,18,19). The molecule has 4 nitrogen and oxygen atoms in total. The van der Waals surface area contributed by atoms with E-state index in [1.54, 1.807) is 12.3 Å². The molecule has 0 amide bonds. The van der Waals surface area contributed by atoms with Gasteiger partial charge in [-0.2, -0.15) is 4.98 Å². The summed E-state index contributed by atoms with van der Waals surface area (Å²) in [5, 5.41) is 6.33. The van der Waals surface area contributed by atoms with E-state index in [9.17, 15) is 4.39 Å². The van der Waals surface area contributed by atoms with E-state index in [1.807, 2.05) is 6.92 Å². The Morgan fingerprint density at radius 3 is 2.89 bits per heavy atom. The molecule has 19 heavy (non-hydrogen) atoms. The van der Waals surface area contributed by atoms with Gasteiger partial charge in [0.1, 0.15) is 11.6 Å². The van der Waals surface area contributed by atoms with Crippen LogP contribution in [0.1, 0.15) is 6.92 Å². The Labute approximate surface area is 123 Å². The van der Waals surface area contributed by atoms with Crippen molar-refractivity contribution in [3.8, 4) is 0 Å². The van der Waals surface area contributed by atoms with Gasteiger partial charge in [-0.05, 0) is 41.1 Å². The molecule has 0 fully saturated rings. The average Bonchev–Trinajstić information content (AvgIpc) is 2.37. The lowest BCUT2D eigenvalue weighted by atomic mass is 10.3. The maximum Gasteiger partial charge on any atom is 0.224 e. The molecule has 1 aromatic carbocycles. The Kier molecular flexibility index (Phi) is 4.55. The van der Waals surface area contributed by atoms with Crippen LogP contribution in [0.3, 0.4) is 0 Å². The number of rotatable bonds is 4. The molecule has 0 aliphatic heterocycles. The average molecular weight is 346 g/mol. The quantitative estimate of drug-likeness (QED) is 0.871. The molecule has 0 aliphatic carbocycles. The zero-order valence-corrected chi connectivity index (χ0v) is 12.4. The summed E-state index contributed by atoms with van der Waals surface area (Å²) in [6, 6.07) is 4.12. The van der Waals surface area contributed by atoms with Crippen molar-refractivity contribution >= 4 is 45.0 Å². The highest BCUT2D eigenvalue weighted by Gasteiger charge is 2.08. The van der Waals surface area contributed by atoms with Crippen molar-refractivity contribution in [1.29, 1.82) is 0 Å². The van der Waals surface area contributed by atoms with Crippen LogP contribution in [0.4, 0.5) is 21.8 Å². The van der Waals surface area contributed by atoms with E-state index in [-0.39, 0.29) is 10.8 Å². The third-order valence-corrected chi connectivity index (χ3v) is 3.16. The van der Waals surface area contributed by atoms with Crippen molar-refractivity contribution in [3.63, 3.8) is 0 Å². The third kappa shape index (κ3) is 3.54. The molecule has 0 spiro atoms. The molecule has 7 heteroatoms. The van der Waals surface area contributed by atoms with Crippen LogP contribution >= 0.6 is 27.5 Å². The summed E-state index contributed by atoms with van der Waals surface area (Å²) in [7, 11) is 0. The fraction of sp³-hybridized carbons (Fsp3) is 0.167. The Bertz CT molecular complexity index is 594. The van der Waals surface area contributed by atoms with Gasteiger partial charge < -0.3 is 10.6 Å². The van der Waals surface area contributed by atoms with Crippen molar-refractivity contribution in [2.24, 2.45) is 0 Å². The van der Waals surface area contributed by atoms with E-state index in [2.05, 4.69) is 36.5 Å². The van der Waals surface area contributed by atoms with E-state index in [4.69, 9.17) is 11.6 Å². The van der Waals surface area contributed by atoms with Gasteiger partial charge >= 0.3 is 0 Å². The van der Waals surface area contributed by atoms with Crippen LogP contribution in [-0.4, -0.2) is 16.5 Å². The van der Waals surface area contributed by atoms with Crippen LogP contribution in [0.2, 0.25) is 5.02 Å². The number of hydrogen-bond donors (Lipinski definition) is 2. The Morgan fingerprint density at radius 1 is 1.42 bits per heavy atom. The van der Waals surface area contributed by atoms with Gasteiger partial charge in [-0.15, -0.1) is 0 Å². The number of benzene rings is 1. The second kappa shape index (κ2) is 6.16. The highest BCUT2D eigenvalue weighted by molar-refractivity contribution is 9.10. The molecular weight excluding hydrogens is 335 g/mol. The highest BCUT2D eigenvalue weighted by atomic mass is 79.9. The molecule has 0 unspecified atom stereocenters. The Morgan fingerprint density at radius 2 is 2.21 bits per heavy atom. The third-order valence-electron chi connectivity index (χ3n) is 2.26. The molecule has 2 aromatic rings. The zero-order valence-electron chi connectivity index (χ0n) is 10.0. The minimum absolute atomic E-state index is 0.288. The Balaban J connectivity index is 2.29. The first-order valence-corrected chi connectivity index (χ1v) is 6.75. The van der Waals surface area contributed by atoms with Crippen molar-refractivity contribution < 1.29 is 4.39 Å². The van der Waals surface area contributed by atoms with Gasteiger partial charge in [-0.1, -0.05) is 11.6 Å². The second-order valence-corrected chi connectivity index (χ2v) is 4.93. The normalized spacial score (nSPS) is 10.3. The Hall–Kier alpha value is -1.40. The number of nitrogens with zero attached hydrogens (tertiary/aromatic N) is 2. The second-order valence-electron chi connectivity index (χ2n) is 3.67. The van der Waals surface area contributed by atoms with Crippen LogP contribution < -0.4 is 10.6 Å². The first-order valence-electron chi connectivity index (χ1n) is 5.58. The molecule has 1 heterocycles. The van der Waals surface area contributed by atoms with Gasteiger partial charge in [0, 0.05) is 12.7 Å². The summed E-state index contributed by atoms with van der Waals surface area (Å²) < 4.78 is 13.7. The topological polar surface area (TPSA) is 49.8 Å². The van der Waals surface area contributed by atoms with E-state index >= 15 is 0 Å². The zero-order chi connectivity index (χ0) is 13.8. The first-order chi connectivity index (χ1) is 9.10.